The minimum absolute atomic E-state index is 0.0444. The fourth-order valence-electron chi connectivity index (χ4n) is 1.80. The van der Waals surface area contributed by atoms with Crippen LogP contribution in [-0.2, 0) is 11.8 Å². The van der Waals surface area contributed by atoms with E-state index in [9.17, 15) is 4.79 Å². The Morgan fingerprint density at radius 3 is 3.00 bits per heavy atom. The van der Waals surface area contributed by atoms with E-state index in [1.165, 1.54) is 0 Å². The largest absolute Gasteiger partial charge is 0.481 e. The third-order valence-electron chi connectivity index (χ3n) is 2.57. The molecule has 84 valence electrons. The quantitative estimate of drug-likeness (QED) is 0.815. The Balaban J connectivity index is 2.36. The second kappa shape index (κ2) is 4.22. The molecule has 2 aromatic heterocycles. The first-order chi connectivity index (χ1) is 7.68. The molecule has 0 amide bonds. The Labute approximate surface area is 92.8 Å². The number of carbonyl (C=O) groups is 1. The van der Waals surface area contributed by atoms with E-state index in [0.717, 1.165) is 11.4 Å². The van der Waals surface area contributed by atoms with E-state index in [-0.39, 0.29) is 12.3 Å². The molecular formula is C11H13N3O2. The van der Waals surface area contributed by atoms with Gasteiger partial charge in [0.05, 0.1) is 12.3 Å². The SMILES string of the molecule is Cn1ccnc1C(CC(=O)O)c1cc[nH]c1. The maximum absolute atomic E-state index is 10.9. The number of nitrogens with one attached hydrogen (secondary N) is 1. The Morgan fingerprint density at radius 1 is 1.69 bits per heavy atom. The molecule has 1 unspecified atom stereocenters. The van der Waals surface area contributed by atoms with Gasteiger partial charge in [0, 0.05) is 31.8 Å². The van der Waals surface area contributed by atoms with E-state index in [4.69, 9.17) is 5.11 Å². The second-order valence-corrected chi connectivity index (χ2v) is 3.69. The highest BCUT2D eigenvalue weighted by atomic mass is 16.4. The summed E-state index contributed by atoms with van der Waals surface area (Å²) >= 11 is 0. The van der Waals surface area contributed by atoms with Crippen molar-refractivity contribution in [3.05, 3.63) is 42.2 Å². The normalized spacial score (nSPS) is 12.6. The number of aryl methyl sites for hydroxylation is 1. The molecule has 1 atom stereocenters. The van der Waals surface area contributed by atoms with Crippen LogP contribution >= 0.6 is 0 Å². The Hall–Kier alpha value is -2.04. The molecule has 0 bridgehead atoms. The molecule has 5 heteroatoms. The molecule has 0 saturated carbocycles. The van der Waals surface area contributed by atoms with Crippen LogP contribution in [0.1, 0.15) is 23.7 Å². The molecule has 0 aliphatic rings. The fraction of sp³-hybridized carbons (Fsp3) is 0.273. The summed E-state index contributed by atoms with van der Waals surface area (Å²) in [6, 6.07) is 1.88. The number of nitrogens with zero attached hydrogens (tertiary/aromatic N) is 2. The van der Waals surface area contributed by atoms with Gasteiger partial charge in [0.15, 0.2) is 0 Å². The van der Waals surface area contributed by atoms with Crippen LogP contribution in [0, 0.1) is 0 Å². The van der Waals surface area contributed by atoms with Crippen molar-refractivity contribution in [1.29, 1.82) is 0 Å². The molecule has 2 N–H and O–H groups in total. The van der Waals surface area contributed by atoms with Crippen LogP contribution in [0.15, 0.2) is 30.9 Å². The van der Waals surface area contributed by atoms with E-state index in [1.807, 2.05) is 30.1 Å². The molecule has 0 aliphatic heterocycles. The second-order valence-electron chi connectivity index (χ2n) is 3.69. The van der Waals surface area contributed by atoms with E-state index in [1.54, 1.807) is 12.4 Å². The van der Waals surface area contributed by atoms with Crippen molar-refractivity contribution >= 4 is 5.97 Å². The summed E-state index contributed by atoms with van der Waals surface area (Å²) in [5, 5.41) is 8.93. The number of H-pyrrole nitrogens is 1. The van der Waals surface area contributed by atoms with Crippen LogP contribution < -0.4 is 0 Å². The number of hydrogen-bond acceptors (Lipinski definition) is 2. The van der Waals surface area contributed by atoms with Crippen LogP contribution in [0.4, 0.5) is 0 Å². The minimum Gasteiger partial charge on any atom is -0.481 e. The number of rotatable bonds is 4. The molecule has 0 aromatic carbocycles. The highest BCUT2D eigenvalue weighted by Crippen LogP contribution is 2.25. The average molecular weight is 219 g/mol. The average Bonchev–Trinajstić information content (AvgIpc) is 2.84. The van der Waals surface area contributed by atoms with E-state index in [0.29, 0.717) is 0 Å². The molecule has 0 spiro atoms. The van der Waals surface area contributed by atoms with Crippen LogP contribution in [0.25, 0.3) is 0 Å². The predicted molar refractivity (Wildman–Crippen MR) is 58.1 cm³/mol. The van der Waals surface area contributed by atoms with Crippen molar-refractivity contribution in [3.8, 4) is 0 Å². The number of carboxylic acid groups (broad SMARTS) is 1. The number of aromatic nitrogens is 3. The van der Waals surface area contributed by atoms with Crippen molar-refractivity contribution in [1.82, 2.24) is 14.5 Å². The summed E-state index contributed by atoms with van der Waals surface area (Å²) in [5.74, 6) is -0.264. The predicted octanol–water partition coefficient (Wildman–Crippen LogP) is 1.35. The highest BCUT2D eigenvalue weighted by Gasteiger charge is 2.21. The van der Waals surface area contributed by atoms with Crippen molar-refractivity contribution in [2.45, 2.75) is 12.3 Å². The zero-order chi connectivity index (χ0) is 11.5. The number of aromatic amines is 1. The number of hydrogen-bond donors (Lipinski definition) is 2. The molecule has 2 aromatic rings. The molecule has 0 radical (unpaired) electrons. The van der Waals surface area contributed by atoms with Gasteiger partial charge in [-0.2, -0.15) is 0 Å². The van der Waals surface area contributed by atoms with E-state index >= 15 is 0 Å². The summed E-state index contributed by atoms with van der Waals surface area (Å²) in [6.07, 6.45) is 7.13. The lowest BCUT2D eigenvalue weighted by molar-refractivity contribution is -0.137. The molecular weight excluding hydrogens is 206 g/mol. The van der Waals surface area contributed by atoms with Gasteiger partial charge in [-0.25, -0.2) is 4.98 Å². The first-order valence-electron chi connectivity index (χ1n) is 5.00. The zero-order valence-electron chi connectivity index (χ0n) is 8.92. The third kappa shape index (κ3) is 1.98. The van der Waals surface area contributed by atoms with Crippen LogP contribution in [0.5, 0.6) is 0 Å². The topological polar surface area (TPSA) is 70.9 Å². The summed E-state index contributed by atoms with van der Waals surface area (Å²) in [4.78, 5) is 18.0. The Morgan fingerprint density at radius 2 is 2.50 bits per heavy atom. The number of imidazole rings is 1. The van der Waals surface area contributed by atoms with Gasteiger partial charge >= 0.3 is 5.97 Å². The van der Waals surface area contributed by atoms with Gasteiger partial charge in [-0.3, -0.25) is 4.79 Å². The van der Waals surface area contributed by atoms with E-state index < -0.39 is 5.97 Å². The van der Waals surface area contributed by atoms with E-state index in [2.05, 4.69) is 9.97 Å². The minimum atomic E-state index is -0.825. The van der Waals surface area contributed by atoms with Gasteiger partial charge in [0.1, 0.15) is 5.82 Å². The van der Waals surface area contributed by atoms with Crippen LogP contribution in [0.3, 0.4) is 0 Å². The standard InChI is InChI=1S/C11H13N3O2/c1-14-5-4-13-11(14)9(6-10(15)16)8-2-3-12-7-8/h2-5,7,9,12H,6H2,1H3,(H,15,16). The van der Waals surface area contributed by atoms with Crippen LogP contribution in [-0.4, -0.2) is 25.6 Å². The van der Waals surface area contributed by atoms with Gasteiger partial charge in [-0.05, 0) is 11.6 Å². The molecule has 16 heavy (non-hydrogen) atoms. The molecule has 5 nitrogen and oxygen atoms in total. The molecule has 0 fully saturated rings. The summed E-state index contributed by atoms with van der Waals surface area (Å²) in [6.45, 7) is 0. The van der Waals surface area contributed by atoms with Gasteiger partial charge < -0.3 is 14.7 Å². The number of aliphatic carboxylic acids is 1. The Bertz CT molecular complexity index is 473. The van der Waals surface area contributed by atoms with Crippen molar-refractivity contribution < 1.29 is 9.90 Å². The lowest BCUT2D eigenvalue weighted by Crippen LogP contribution is -2.11. The summed E-state index contributed by atoms with van der Waals surface area (Å²) in [5.41, 5.74) is 0.941. The maximum Gasteiger partial charge on any atom is 0.304 e. The summed E-state index contributed by atoms with van der Waals surface area (Å²) < 4.78 is 1.85. The van der Waals surface area contributed by atoms with Crippen molar-refractivity contribution in [2.24, 2.45) is 7.05 Å². The van der Waals surface area contributed by atoms with Gasteiger partial charge in [-0.1, -0.05) is 0 Å². The van der Waals surface area contributed by atoms with Gasteiger partial charge in [0.2, 0.25) is 0 Å². The lowest BCUT2D eigenvalue weighted by Gasteiger charge is -2.13. The molecule has 2 heterocycles. The third-order valence-corrected chi connectivity index (χ3v) is 2.57. The zero-order valence-corrected chi connectivity index (χ0v) is 8.92. The first-order valence-corrected chi connectivity index (χ1v) is 5.00. The lowest BCUT2D eigenvalue weighted by atomic mass is 9.97. The smallest absolute Gasteiger partial charge is 0.304 e. The monoisotopic (exact) mass is 219 g/mol. The van der Waals surface area contributed by atoms with Crippen LogP contribution in [0.2, 0.25) is 0 Å². The highest BCUT2D eigenvalue weighted by molar-refractivity contribution is 5.68. The first kappa shape index (κ1) is 10.5. The van der Waals surface area contributed by atoms with Crippen molar-refractivity contribution in [2.75, 3.05) is 0 Å². The Kier molecular flexibility index (Phi) is 2.76. The van der Waals surface area contributed by atoms with Gasteiger partial charge in [0.25, 0.3) is 0 Å². The number of carboxylic acids is 1. The molecule has 0 saturated heterocycles. The van der Waals surface area contributed by atoms with Gasteiger partial charge in [-0.15, -0.1) is 0 Å². The fourth-order valence-corrected chi connectivity index (χ4v) is 1.80. The maximum atomic E-state index is 10.9. The van der Waals surface area contributed by atoms with Crippen molar-refractivity contribution in [3.63, 3.8) is 0 Å². The molecule has 0 aliphatic carbocycles. The molecule has 2 rings (SSSR count). The summed E-state index contributed by atoms with van der Waals surface area (Å²) in [7, 11) is 1.86.